The quantitative estimate of drug-likeness (QED) is 0.289. The summed E-state index contributed by atoms with van der Waals surface area (Å²) in [6, 6.07) is 0. The van der Waals surface area contributed by atoms with E-state index in [4.69, 9.17) is 4.74 Å². The first-order valence-corrected chi connectivity index (χ1v) is 11.4. The molecule has 5 nitrogen and oxygen atoms in total. The molecule has 2 aliphatic rings. The Bertz CT molecular complexity index is 407. The zero-order valence-corrected chi connectivity index (χ0v) is 20.1. The van der Waals surface area contributed by atoms with Gasteiger partial charge in [-0.25, -0.2) is 0 Å². The van der Waals surface area contributed by atoms with E-state index >= 15 is 0 Å². The molecule has 12 heteroatoms. The summed E-state index contributed by atoms with van der Waals surface area (Å²) in [6.45, 7) is 15.5. The van der Waals surface area contributed by atoms with Crippen molar-refractivity contribution in [1.82, 2.24) is 19.6 Å². The molecule has 0 fully saturated rings. The van der Waals surface area contributed by atoms with Crippen molar-refractivity contribution in [3.05, 3.63) is 24.8 Å². The first-order chi connectivity index (χ1) is 13.7. The molecule has 0 bridgehead atoms. The monoisotopic (exact) mass is 504 g/mol. The van der Waals surface area contributed by atoms with Crippen molar-refractivity contribution in [2.24, 2.45) is 0 Å². The second kappa shape index (κ2) is 22.8. The molecule has 0 aliphatic carbocycles. The number of hydrogen-bond donors (Lipinski definition) is 0. The average Bonchev–Trinajstić information content (AvgIpc) is 3.23. The molecule has 0 aromatic rings. The first-order valence-electron chi connectivity index (χ1n) is 9.72. The summed E-state index contributed by atoms with van der Waals surface area (Å²) < 4.78 is 64.3. The molecule has 0 spiro atoms. The van der Waals surface area contributed by atoms with Crippen LogP contribution in [0.5, 0.6) is 0 Å². The molecular formula is C20H47F6N4OP. The number of halogens is 6. The van der Waals surface area contributed by atoms with Gasteiger partial charge in [-0.3, -0.25) is 4.39 Å². The third kappa shape index (κ3) is 42.7. The van der Waals surface area contributed by atoms with E-state index in [9.17, 15) is 25.4 Å². The molecule has 0 saturated heterocycles. The van der Waals surface area contributed by atoms with Crippen molar-refractivity contribution >= 4 is 8.16 Å². The summed E-state index contributed by atoms with van der Waals surface area (Å²) in [4.78, 5) is 8.81. The van der Waals surface area contributed by atoms with Crippen LogP contribution in [-0.4, -0.2) is 80.0 Å². The Morgan fingerprint density at radius 1 is 0.688 bits per heavy atom. The molecule has 0 aromatic heterocycles. The van der Waals surface area contributed by atoms with Gasteiger partial charge in [-0.15, -0.1) is 0 Å². The van der Waals surface area contributed by atoms with Gasteiger partial charge in [0.05, 0.1) is 20.0 Å². The molecule has 0 unspecified atom stereocenters. The van der Waals surface area contributed by atoms with Gasteiger partial charge in [0.2, 0.25) is 0 Å². The van der Waals surface area contributed by atoms with Crippen LogP contribution in [0.4, 0.5) is 25.4 Å². The Labute approximate surface area is 193 Å². The SMILES string of the molecule is C.C.CCF.CCN1C=CN(C)C1.CCN1C=CN(C)C1.CCOCC.FP(F)(F)(F)F. The van der Waals surface area contributed by atoms with Crippen molar-refractivity contribution < 1.29 is 30.1 Å². The van der Waals surface area contributed by atoms with Gasteiger partial charge in [-0.2, -0.15) is 0 Å². The van der Waals surface area contributed by atoms with Gasteiger partial charge in [0.15, 0.2) is 0 Å². The van der Waals surface area contributed by atoms with E-state index in [0.29, 0.717) is 0 Å². The van der Waals surface area contributed by atoms with Crippen molar-refractivity contribution in [1.29, 1.82) is 0 Å². The molecule has 32 heavy (non-hydrogen) atoms. The van der Waals surface area contributed by atoms with E-state index in [1.165, 1.54) is 6.92 Å². The number of ether oxygens (including phenoxy) is 1. The molecule has 0 atom stereocenters. The fourth-order valence-corrected chi connectivity index (χ4v) is 1.79. The van der Waals surface area contributed by atoms with Gasteiger partial charge in [0, 0.05) is 65.2 Å². The Morgan fingerprint density at radius 2 is 0.938 bits per heavy atom. The van der Waals surface area contributed by atoms with Gasteiger partial charge in [0.25, 0.3) is 0 Å². The number of alkyl halides is 1. The predicted molar refractivity (Wildman–Crippen MR) is 128 cm³/mol. The van der Waals surface area contributed by atoms with E-state index in [0.717, 1.165) is 39.6 Å². The summed E-state index contributed by atoms with van der Waals surface area (Å²) in [7, 11) is -4.40. The number of hydrogen-bond acceptors (Lipinski definition) is 5. The molecule has 0 amide bonds. The Kier molecular flexibility index (Phi) is 29.2. The summed E-state index contributed by atoms with van der Waals surface area (Å²) in [5.41, 5.74) is 0. The summed E-state index contributed by atoms with van der Waals surface area (Å²) in [5.74, 6) is 0. The number of nitrogens with zero attached hydrogens (tertiary/aromatic N) is 4. The molecule has 0 saturated carbocycles. The zero-order chi connectivity index (χ0) is 24.2. The van der Waals surface area contributed by atoms with Crippen LogP contribution in [0, 0.1) is 0 Å². The topological polar surface area (TPSA) is 22.2 Å². The molecule has 0 aromatic carbocycles. The molecular weight excluding hydrogens is 457 g/mol. The minimum absolute atomic E-state index is 0. The number of rotatable bonds is 4. The van der Waals surface area contributed by atoms with Crippen LogP contribution in [0.15, 0.2) is 24.8 Å². The van der Waals surface area contributed by atoms with Crippen LogP contribution in [0.2, 0.25) is 0 Å². The molecule has 0 radical (unpaired) electrons. The third-order valence-electron chi connectivity index (χ3n) is 3.09. The van der Waals surface area contributed by atoms with Gasteiger partial charge >= 0.3 is 29.1 Å². The van der Waals surface area contributed by atoms with Gasteiger partial charge < -0.3 is 24.3 Å². The van der Waals surface area contributed by atoms with Crippen LogP contribution in [0.3, 0.4) is 0 Å². The summed E-state index contributed by atoms with van der Waals surface area (Å²) in [5, 5.41) is 0. The maximum absolute atomic E-state index is 10.3. The fourth-order valence-electron chi connectivity index (χ4n) is 1.79. The molecule has 200 valence electrons. The van der Waals surface area contributed by atoms with E-state index in [1.807, 2.05) is 13.8 Å². The van der Waals surface area contributed by atoms with E-state index in [2.05, 4.69) is 72.3 Å². The molecule has 2 aliphatic heterocycles. The van der Waals surface area contributed by atoms with Crippen LogP contribution in [-0.2, 0) is 4.74 Å². The first kappa shape index (κ1) is 41.0. The third-order valence-corrected chi connectivity index (χ3v) is 3.09. The van der Waals surface area contributed by atoms with E-state index in [-0.39, 0.29) is 21.5 Å². The maximum atomic E-state index is 10.3. The average molecular weight is 505 g/mol. The van der Waals surface area contributed by atoms with Crippen molar-refractivity contribution in [2.75, 3.05) is 60.4 Å². The summed E-state index contributed by atoms with van der Waals surface area (Å²) in [6.07, 6.45) is 8.40. The fraction of sp³-hybridized carbons (Fsp3) is 0.800. The Morgan fingerprint density at radius 3 is 1.00 bits per heavy atom. The molecule has 2 heterocycles. The second-order valence-electron chi connectivity index (χ2n) is 5.89. The summed E-state index contributed by atoms with van der Waals surface area (Å²) >= 11 is 0. The zero-order valence-electron chi connectivity index (χ0n) is 19.2. The van der Waals surface area contributed by atoms with Crippen LogP contribution in [0.25, 0.3) is 0 Å². The van der Waals surface area contributed by atoms with Crippen molar-refractivity contribution in [3.63, 3.8) is 0 Å². The van der Waals surface area contributed by atoms with E-state index in [1.54, 1.807) is 0 Å². The van der Waals surface area contributed by atoms with Gasteiger partial charge in [-0.1, -0.05) is 14.9 Å². The minimum atomic E-state index is -8.55. The standard InChI is InChI=1S/2C6H12N2.C4H10O.C2H5F.2CH4.F5P/c2*1-3-8-5-4-7(2)6-8;1-3-5-4-2;1-2-3;;;1-6(2,3,4)5/h2*4-5H,3,6H2,1-2H3;3-4H2,1-2H3;2H2,1H3;2*1H4;. The Balaban J connectivity index is -0.0000000968. The second-order valence-corrected chi connectivity index (χ2v) is 7.17. The van der Waals surface area contributed by atoms with E-state index < -0.39 is 8.16 Å². The molecule has 2 rings (SSSR count). The van der Waals surface area contributed by atoms with Crippen LogP contribution < -0.4 is 0 Å². The molecule has 0 N–H and O–H groups in total. The predicted octanol–water partition coefficient (Wildman–Crippen LogP) is 7.62. The van der Waals surface area contributed by atoms with Crippen LogP contribution >= 0.6 is 8.16 Å². The van der Waals surface area contributed by atoms with Crippen molar-refractivity contribution in [3.8, 4) is 0 Å². The van der Waals surface area contributed by atoms with Crippen LogP contribution in [0.1, 0.15) is 49.5 Å². The van der Waals surface area contributed by atoms with Gasteiger partial charge in [-0.05, 0) is 34.6 Å². The normalized spacial score (nSPS) is 14.6. The Hall–Kier alpha value is -1.35. The van der Waals surface area contributed by atoms with Crippen molar-refractivity contribution in [2.45, 2.75) is 49.5 Å². The van der Waals surface area contributed by atoms with Gasteiger partial charge in [0.1, 0.15) is 0 Å².